The first-order valence-electron chi connectivity index (χ1n) is 5.04. The van der Waals surface area contributed by atoms with E-state index in [4.69, 9.17) is 10.5 Å². The highest BCUT2D eigenvalue weighted by atomic mass is 16.5. The van der Waals surface area contributed by atoms with Gasteiger partial charge in [0.05, 0.1) is 6.61 Å². The van der Waals surface area contributed by atoms with E-state index in [1.165, 1.54) is 11.1 Å². The molecule has 1 aromatic rings. The SMILES string of the molecule is COCc1ccc(CCC(C)N)cc1. The molecule has 2 nitrogen and oxygen atoms in total. The molecular formula is C12H19NO. The number of rotatable bonds is 5. The third kappa shape index (κ3) is 3.90. The normalized spacial score (nSPS) is 12.8. The Morgan fingerprint density at radius 1 is 1.21 bits per heavy atom. The van der Waals surface area contributed by atoms with Gasteiger partial charge >= 0.3 is 0 Å². The summed E-state index contributed by atoms with van der Waals surface area (Å²) in [5.74, 6) is 0. The molecule has 1 rings (SSSR count). The van der Waals surface area contributed by atoms with E-state index >= 15 is 0 Å². The summed E-state index contributed by atoms with van der Waals surface area (Å²) < 4.78 is 5.05. The number of hydrogen-bond acceptors (Lipinski definition) is 2. The third-order valence-electron chi connectivity index (χ3n) is 2.22. The Morgan fingerprint density at radius 3 is 2.29 bits per heavy atom. The number of hydrogen-bond donors (Lipinski definition) is 1. The largest absolute Gasteiger partial charge is 0.380 e. The molecule has 0 aliphatic rings. The zero-order valence-electron chi connectivity index (χ0n) is 8.99. The quantitative estimate of drug-likeness (QED) is 0.777. The minimum absolute atomic E-state index is 0.286. The van der Waals surface area contributed by atoms with Crippen molar-refractivity contribution in [1.29, 1.82) is 0 Å². The minimum Gasteiger partial charge on any atom is -0.380 e. The average molecular weight is 193 g/mol. The van der Waals surface area contributed by atoms with Crippen LogP contribution in [0.2, 0.25) is 0 Å². The van der Waals surface area contributed by atoms with E-state index in [1.807, 2.05) is 6.92 Å². The Morgan fingerprint density at radius 2 is 1.79 bits per heavy atom. The molecule has 0 aromatic heterocycles. The van der Waals surface area contributed by atoms with Crippen molar-refractivity contribution in [1.82, 2.24) is 0 Å². The summed E-state index contributed by atoms with van der Waals surface area (Å²) in [7, 11) is 1.71. The molecule has 0 aliphatic carbocycles. The summed E-state index contributed by atoms with van der Waals surface area (Å²) in [6.07, 6.45) is 2.11. The predicted molar refractivity (Wildman–Crippen MR) is 59.1 cm³/mol. The van der Waals surface area contributed by atoms with E-state index in [2.05, 4.69) is 24.3 Å². The first-order chi connectivity index (χ1) is 6.72. The van der Waals surface area contributed by atoms with Crippen LogP contribution in [-0.2, 0) is 17.8 Å². The predicted octanol–water partition coefficient (Wildman–Crippen LogP) is 2.11. The maximum absolute atomic E-state index is 5.70. The van der Waals surface area contributed by atoms with Crippen LogP contribution in [-0.4, -0.2) is 13.2 Å². The number of nitrogens with two attached hydrogens (primary N) is 1. The second-order valence-electron chi connectivity index (χ2n) is 3.77. The van der Waals surface area contributed by atoms with Gasteiger partial charge in [0.25, 0.3) is 0 Å². The topological polar surface area (TPSA) is 35.2 Å². The average Bonchev–Trinajstić information content (AvgIpc) is 2.17. The number of benzene rings is 1. The Labute approximate surface area is 86.1 Å². The van der Waals surface area contributed by atoms with Crippen molar-refractivity contribution < 1.29 is 4.74 Å². The lowest BCUT2D eigenvalue weighted by Crippen LogP contribution is -2.15. The van der Waals surface area contributed by atoms with E-state index in [0.29, 0.717) is 6.61 Å². The molecule has 78 valence electrons. The molecule has 0 saturated heterocycles. The van der Waals surface area contributed by atoms with E-state index in [-0.39, 0.29) is 6.04 Å². The third-order valence-corrected chi connectivity index (χ3v) is 2.22. The summed E-state index contributed by atoms with van der Waals surface area (Å²) in [6.45, 7) is 2.73. The fourth-order valence-electron chi connectivity index (χ4n) is 1.36. The monoisotopic (exact) mass is 193 g/mol. The van der Waals surface area contributed by atoms with Crippen LogP contribution >= 0.6 is 0 Å². The van der Waals surface area contributed by atoms with Gasteiger partial charge in [-0.1, -0.05) is 24.3 Å². The van der Waals surface area contributed by atoms with Crippen LogP contribution in [0.15, 0.2) is 24.3 Å². The molecule has 1 aromatic carbocycles. The zero-order chi connectivity index (χ0) is 10.4. The zero-order valence-corrected chi connectivity index (χ0v) is 8.99. The Hall–Kier alpha value is -0.860. The van der Waals surface area contributed by atoms with Gasteiger partial charge in [-0.15, -0.1) is 0 Å². The van der Waals surface area contributed by atoms with Crippen molar-refractivity contribution >= 4 is 0 Å². The molecule has 2 N–H and O–H groups in total. The van der Waals surface area contributed by atoms with Crippen LogP contribution in [0.3, 0.4) is 0 Å². The molecule has 0 bridgehead atoms. The highest BCUT2D eigenvalue weighted by Crippen LogP contribution is 2.08. The van der Waals surface area contributed by atoms with Gasteiger partial charge in [-0.25, -0.2) is 0 Å². The fraction of sp³-hybridized carbons (Fsp3) is 0.500. The lowest BCUT2D eigenvalue weighted by molar-refractivity contribution is 0.185. The highest BCUT2D eigenvalue weighted by Gasteiger charge is 1.97. The Balaban J connectivity index is 2.46. The minimum atomic E-state index is 0.286. The highest BCUT2D eigenvalue weighted by molar-refractivity contribution is 5.22. The van der Waals surface area contributed by atoms with Gasteiger partial charge in [-0.2, -0.15) is 0 Å². The van der Waals surface area contributed by atoms with Gasteiger partial charge in [0.1, 0.15) is 0 Å². The Kier molecular flexibility index (Phi) is 4.63. The smallest absolute Gasteiger partial charge is 0.0713 e. The molecule has 0 aliphatic heterocycles. The molecule has 1 unspecified atom stereocenters. The van der Waals surface area contributed by atoms with Gasteiger partial charge in [0.15, 0.2) is 0 Å². The van der Waals surface area contributed by atoms with Crippen molar-refractivity contribution in [3.05, 3.63) is 35.4 Å². The van der Waals surface area contributed by atoms with Crippen molar-refractivity contribution in [2.24, 2.45) is 5.73 Å². The van der Waals surface area contributed by atoms with Gasteiger partial charge in [-0.05, 0) is 30.9 Å². The molecule has 14 heavy (non-hydrogen) atoms. The van der Waals surface area contributed by atoms with Crippen molar-refractivity contribution in [3.8, 4) is 0 Å². The summed E-state index contributed by atoms with van der Waals surface area (Å²) in [5.41, 5.74) is 8.27. The standard InChI is InChI=1S/C12H19NO/c1-10(13)3-4-11-5-7-12(8-6-11)9-14-2/h5-8,10H,3-4,9,13H2,1-2H3. The van der Waals surface area contributed by atoms with Crippen LogP contribution < -0.4 is 5.73 Å². The van der Waals surface area contributed by atoms with E-state index in [9.17, 15) is 0 Å². The fourth-order valence-corrected chi connectivity index (χ4v) is 1.36. The second-order valence-corrected chi connectivity index (χ2v) is 3.77. The summed E-state index contributed by atoms with van der Waals surface area (Å²) in [5, 5.41) is 0. The summed E-state index contributed by atoms with van der Waals surface area (Å²) >= 11 is 0. The molecule has 2 heteroatoms. The van der Waals surface area contributed by atoms with Crippen LogP contribution in [0.4, 0.5) is 0 Å². The molecule has 0 radical (unpaired) electrons. The Bertz CT molecular complexity index is 254. The van der Waals surface area contributed by atoms with Crippen molar-refractivity contribution in [2.75, 3.05) is 7.11 Å². The van der Waals surface area contributed by atoms with E-state index in [0.717, 1.165) is 12.8 Å². The molecule has 0 heterocycles. The van der Waals surface area contributed by atoms with Crippen LogP contribution in [0.25, 0.3) is 0 Å². The van der Waals surface area contributed by atoms with Gasteiger partial charge in [0.2, 0.25) is 0 Å². The molecule has 0 fully saturated rings. The van der Waals surface area contributed by atoms with Gasteiger partial charge in [0, 0.05) is 13.2 Å². The second kappa shape index (κ2) is 5.78. The number of aryl methyl sites for hydroxylation is 1. The molecule has 0 saturated carbocycles. The van der Waals surface area contributed by atoms with Crippen molar-refractivity contribution in [3.63, 3.8) is 0 Å². The summed E-state index contributed by atoms with van der Waals surface area (Å²) in [6, 6.07) is 8.81. The lowest BCUT2D eigenvalue weighted by Gasteiger charge is -2.05. The molecule has 0 spiro atoms. The molecular weight excluding hydrogens is 174 g/mol. The van der Waals surface area contributed by atoms with Gasteiger partial charge in [-0.3, -0.25) is 0 Å². The molecule has 1 atom stereocenters. The number of ether oxygens (including phenoxy) is 1. The van der Waals surface area contributed by atoms with Crippen LogP contribution in [0, 0.1) is 0 Å². The molecule has 0 amide bonds. The lowest BCUT2D eigenvalue weighted by atomic mass is 10.1. The first kappa shape index (κ1) is 11.2. The maximum Gasteiger partial charge on any atom is 0.0713 e. The van der Waals surface area contributed by atoms with Crippen LogP contribution in [0.1, 0.15) is 24.5 Å². The maximum atomic E-state index is 5.70. The first-order valence-corrected chi connectivity index (χ1v) is 5.04. The summed E-state index contributed by atoms with van der Waals surface area (Å²) in [4.78, 5) is 0. The van der Waals surface area contributed by atoms with E-state index < -0.39 is 0 Å². The van der Waals surface area contributed by atoms with Gasteiger partial charge < -0.3 is 10.5 Å². The van der Waals surface area contributed by atoms with E-state index in [1.54, 1.807) is 7.11 Å². The van der Waals surface area contributed by atoms with Crippen molar-refractivity contribution in [2.45, 2.75) is 32.4 Å². The number of methoxy groups -OCH3 is 1. The van der Waals surface area contributed by atoms with Crippen LogP contribution in [0.5, 0.6) is 0 Å².